The highest BCUT2D eigenvalue weighted by molar-refractivity contribution is 6.30. The van der Waals surface area contributed by atoms with Gasteiger partial charge in [0.25, 0.3) is 0 Å². The third kappa shape index (κ3) is 2.58. The first-order valence-corrected chi connectivity index (χ1v) is 5.39. The van der Waals surface area contributed by atoms with Crippen molar-refractivity contribution in [2.45, 2.75) is 0 Å². The molecule has 0 aromatic heterocycles. The zero-order valence-corrected chi connectivity index (χ0v) is 9.80. The molecule has 0 heterocycles. The van der Waals surface area contributed by atoms with E-state index in [1.807, 2.05) is 6.07 Å². The number of anilines is 2. The number of halogens is 3. The summed E-state index contributed by atoms with van der Waals surface area (Å²) in [7, 11) is 0. The smallest absolute Gasteiger partial charge is 0.160 e. The lowest BCUT2D eigenvalue weighted by atomic mass is 10.2. The molecule has 0 spiro atoms. The van der Waals surface area contributed by atoms with E-state index in [0.717, 1.165) is 12.1 Å². The molecule has 0 amide bonds. The Balaban J connectivity index is 2.34. The van der Waals surface area contributed by atoms with E-state index in [2.05, 4.69) is 5.32 Å². The van der Waals surface area contributed by atoms with Gasteiger partial charge in [0.1, 0.15) is 6.07 Å². The molecule has 2 rings (SSSR count). The number of nitrogens with zero attached hydrogens (tertiary/aromatic N) is 1. The van der Waals surface area contributed by atoms with Crippen LogP contribution in [0.3, 0.4) is 0 Å². The van der Waals surface area contributed by atoms with Crippen molar-refractivity contribution < 1.29 is 8.78 Å². The molecule has 0 unspecified atom stereocenters. The van der Waals surface area contributed by atoms with Crippen molar-refractivity contribution in [3.8, 4) is 6.07 Å². The Morgan fingerprint density at radius 1 is 1.06 bits per heavy atom. The quantitative estimate of drug-likeness (QED) is 0.881. The van der Waals surface area contributed by atoms with Gasteiger partial charge in [-0.05, 0) is 30.3 Å². The molecule has 5 heteroatoms. The van der Waals surface area contributed by atoms with E-state index >= 15 is 0 Å². The molecule has 1 N–H and O–H groups in total. The minimum atomic E-state index is -0.951. The van der Waals surface area contributed by atoms with Crippen molar-refractivity contribution in [1.29, 1.82) is 5.26 Å². The maximum Gasteiger partial charge on any atom is 0.160 e. The maximum absolute atomic E-state index is 13.0. The van der Waals surface area contributed by atoms with Crippen molar-refractivity contribution in [3.63, 3.8) is 0 Å². The minimum absolute atomic E-state index is 0.326. The summed E-state index contributed by atoms with van der Waals surface area (Å²) in [6.07, 6.45) is 0. The van der Waals surface area contributed by atoms with Gasteiger partial charge in [-0.15, -0.1) is 0 Å². The van der Waals surface area contributed by atoms with Gasteiger partial charge in [0.2, 0.25) is 0 Å². The Kier molecular flexibility index (Phi) is 3.45. The number of hydrogen-bond donors (Lipinski definition) is 1. The molecular formula is C13H7ClF2N2. The highest BCUT2D eigenvalue weighted by Gasteiger charge is 2.06. The molecule has 0 radical (unpaired) electrons. The van der Waals surface area contributed by atoms with Crippen LogP contribution < -0.4 is 5.32 Å². The van der Waals surface area contributed by atoms with E-state index in [-0.39, 0.29) is 0 Å². The highest BCUT2D eigenvalue weighted by atomic mass is 35.5. The Morgan fingerprint density at radius 3 is 2.50 bits per heavy atom. The molecule has 0 aliphatic carbocycles. The van der Waals surface area contributed by atoms with Crippen LogP contribution in [0.25, 0.3) is 0 Å². The first kappa shape index (κ1) is 12.3. The number of benzene rings is 2. The Hall–Kier alpha value is -2.12. The van der Waals surface area contributed by atoms with Crippen molar-refractivity contribution in [1.82, 2.24) is 0 Å². The van der Waals surface area contributed by atoms with Gasteiger partial charge in [-0.1, -0.05) is 11.6 Å². The van der Waals surface area contributed by atoms with Gasteiger partial charge in [0.15, 0.2) is 11.6 Å². The number of hydrogen-bond acceptors (Lipinski definition) is 2. The van der Waals surface area contributed by atoms with Crippen LogP contribution >= 0.6 is 11.6 Å². The maximum atomic E-state index is 13.0. The van der Waals surface area contributed by atoms with Gasteiger partial charge in [0.05, 0.1) is 11.3 Å². The fraction of sp³-hybridized carbons (Fsp3) is 0. The second kappa shape index (κ2) is 5.03. The highest BCUT2D eigenvalue weighted by Crippen LogP contribution is 2.24. The molecule has 0 saturated carbocycles. The average Bonchev–Trinajstić information content (AvgIpc) is 2.36. The number of nitriles is 1. The van der Waals surface area contributed by atoms with Gasteiger partial charge in [-0.3, -0.25) is 0 Å². The van der Waals surface area contributed by atoms with Crippen LogP contribution in [0.1, 0.15) is 5.56 Å². The molecule has 0 saturated heterocycles. The first-order valence-electron chi connectivity index (χ1n) is 5.02. The molecule has 2 aromatic rings. The molecule has 0 aliphatic heterocycles. The summed E-state index contributed by atoms with van der Waals surface area (Å²) >= 11 is 5.76. The molecule has 0 bridgehead atoms. The van der Waals surface area contributed by atoms with E-state index in [1.165, 1.54) is 12.1 Å². The van der Waals surface area contributed by atoms with E-state index in [4.69, 9.17) is 16.9 Å². The molecular weight excluding hydrogens is 258 g/mol. The zero-order chi connectivity index (χ0) is 13.1. The number of rotatable bonds is 2. The second-order valence-corrected chi connectivity index (χ2v) is 3.99. The van der Waals surface area contributed by atoms with Crippen molar-refractivity contribution in [3.05, 3.63) is 58.6 Å². The Labute approximate surface area is 107 Å². The fourth-order valence-electron chi connectivity index (χ4n) is 1.45. The van der Waals surface area contributed by atoms with Crippen LogP contribution in [0.5, 0.6) is 0 Å². The molecule has 2 aromatic carbocycles. The van der Waals surface area contributed by atoms with Crippen LogP contribution in [-0.4, -0.2) is 0 Å². The summed E-state index contributed by atoms with van der Waals surface area (Å²) in [5, 5.41) is 12.2. The molecule has 18 heavy (non-hydrogen) atoms. The molecule has 0 aliphatic rings. The lowest BCUT2D eigenvalue weighted by molar-refractivity contribution is 0.509. The number of nitrogens with one attached hydrogen (secondary N) is 1. The van der Waals surface area contributed by atoms with Crippen molar-refractivity contribution in [2.75, 3.05) is 5.32 Å². The van der Waals surface area contributed by atoms with Crippen LogP contribution in [0.2, 0.25) is 5.02 Å². The summed E-state index contributed by atoms with van der Waals surface area (Å²) < 4.78 is 25.8. The normalized spacial score (nSPS) is 9.89. The summed E-state index contributed by atoms with van der Waals surface area (Å²) in [4.78, 5) is 0. The van der Waals surface area contributed by atoms with Gasteiger partial charge in [0, 0.05) is 16.8 Å². The predicted octanol–water partition coefficient (Wildman–Crippen LogP) is 4.23. The molecule has 0 atom stereocenters. The van der Waals surface area contributed by atoms with E-state index in [0.29, 0.717) is 22.0 Å². The topological polar surface area (TPSA) is 35.8 Å². The Morgan fingerprint density at radius 2 is 1.83 bits per heavy atom. The molecule has 0 fully saturated rings. The second-order valence-electron chi connectivity index (χ2n) is 3.56. The molecule has 2 nitrogen and oxygen atoms in total. The zero-order valence-electron chi connectivity index (χ0n) is 9.05. The fourth-order valence-corrected chi connectivity index (χ4v) is 1.62. The van der Waals surface area contributed by atoms with Crippen molar-refractivity contribution in [2.24, 2.45) is 0 Å². The van der Waals surface area contributed by atoms with E-state index < -0.39 is 11.6 Å². The first-order chi connectivity index (χ1) is 8.60. The van der Waals surface area contributed by atoms with Crippen LogP contribution in [0.15, 0.2) is 36.4 Å². The lowest BCUT2D eigenvalue weighted by Gasteiger charge is -2.08. The monoisotopic (exact) mass is 264 g/mol. The van der Waals surface area contributed by atoms with E-state index in [1.54, 1.807) is 12.1 Å². The third-order valence-electron chi connectivity index (χ3n) is 2.30. The van der Waals surface area contributed by atoms with Gasteiger partial charge in [-0.2, -0.15) is 5.26 Å². The summed E-state index contributed by atoms with van der Waals surface area (Å²) in [6, 6.07) is 10.1. The lowest BCUT2D eigenvalue weighted by Crippen LogP contribution is -1.95. The largest absolute Gasteiger partial charge is 0.354 e. The van der Waals surface area contributed by atoms with E-state index in [9.17, 15) is 8.78 Å². The third-order valence-corrected chi connectivity index (χ3v) is 2.54. The average molecular weight is 265 g/mol. The minimum Gasteiger partial charge on any atom is -0.354 e. The predicted molar refractivity (Wildman–Crippen MR) is 65.8 cm³/mol. The standard InChI is InChI=1S/C13H7ClF2N2/c14-9-1-4-13(8(5-9)7-17)18-10-2-3-11(15)12(16)6-10/h1-6,18H. The summed E-state index contributed by atoms with van der Waals surface area (Å²) in [6.45, 7) is 0. The van der Waals surface area contributed by atoms with Crippen LogP contribution in [0, 0.1) is 23.0 Å². The van der Waals surface area contributed by atoms with Gasteiger partial charge < -0.3 is 5.32 Å². The summed E-state index contributed by atoms with van der Waals surface area (Å²) in [5.74, 6) is -1.87. The van der Waals surface area contributed by atoms with Crippen molar-refractivity contribution >= 4 is 23.0 Å². The molecule has 90 valence electrons. The summed E-state index contributed by atoms with van der Waals surface area (Å²) in [5.41, 5.74) is 1.16. The Bertz CT molecular complexity index is 635. The van der Waals surface area contributed by atoms with Gasteiger partial charge in [-0.25, -0.2) is 8.78 Å². The van der Waals surface area contributed by atoms with Crippen LogP contribution in [-0.2, 0) is 0 Å². The van der Waals surface area contributed by atoms with Crippen LogP contribution in [0.4, 0.5) is 20.2 Å². The van der Waals surface area contributed by atoms with Gasteiger partial charge >= 0.3 is 0 Å². The SMILES string of the molecule is N#Cc1cc(Cl)ccc1Nc1ccc(F)c(F)c1.